The number of hydrogen-bond donors (Lipinski definition) is 1. The van der Waals surface area contributed by atoms with Gasteiger partial charge in [0, 0.05) is 18.4 Å². The Balaban J connectivity index is 2.00. The number of nitrogens with one attached hydrogen (secondary N) is 1. The van der Waals surface area contributed by atoms with Crippen LogP contribution in [0.3, 0.4) is 0 Å². The van der Waals surface area contributed by atoms with Gasteiger partial charge in [0.1, 0.15) is 5.82 Å². The van der Waals surface area contributed by atoms with Crippen LogP contribution in [0.4, 0.5) is 13.2 Å². The zero-order chi connectivity index (χ0) is 20.7. The van der Waals surface area contributed by atoms with Gasteiger partial charge in [-0.2, -0.15) is 13.2 Å². The molecule has 0 aliphatic heterocycles. The summed E-state index contributed by atoms with van der Waals surface area (Å²) in [6, 6.07) is 5.35. The lowest BCUT2D eigenvalue weighted by atomic mass is 10.2. The third-order valence-electron chi connectivity index (χ3n) is 4.32. The van der Waals surface area contributed by atoms with E-state index in [0.717, 1.165) is 12.1 Å². The van der Waals surface area contributed by atoms with E-state index in [0.29, 0.717) is 29.1 Å². The molecule has 0 unspecified atom stereocenters. The van der Waals surface area contributed by atoms with E-state index in [9.17, 15) is 21.6 Å². The van der Waals surface area contributed by atoms with Crippen molar-refractivity contribution in [2.24, 2.45) is 0 Å². The molecule has 3 aromatic rings. The van der Waals surface area contributed by atoms with Crippen molar-refractivity contribution in [1.29, 1.82) is 0 Å². The lowest BCUT2D eigenvalue weighted by Crippen LogP contribution is -2.29. The van der Waals surface area contributed by atoms with Crippen molar-refractivity contribution in [3.63, 3.8) is 0 Å². The lowest BCUT2D eigenvalue weighted by molar-refractivity contribution is -0.137. The topological polar surface area (TPSA) is 76.9 Å². The third-order valence-corrected chi connectivity index (χ3v) is 5.86. The Kier molecular flexibility index (Phi) is 5.20. The molecular weight excluding hydrogens is 393 g/mol. The number of benzene rings is 1. The summed E-state index contributed by atoms with van der Waals surface area (Å²) in [5, 5.41) is 0. The number of hydrogen-bond acceptors (Lipinski definition) is 4. The number of halogens is 3. The van der Waals surface area contributed by atoms with Gasteiger partial charge in [0.05, 0.1) is 27.5 Å². The van der Waals surface area contributed by atoms with Gasteiger partial charge in [0.2, 0.25) is 10.0 Å². The van der Waals surface area contributed by atoms with Gasteiger partial charge in [-0.25, -0.2) is 18.1 Å². The first kappa shape index (κ1) is 20.3. The van der Waals surface area contributed by atoms with Gasteiger partial charge in [-0.15, -0.1) is 0 Å². The average molecular weight is 412 g/mol. The fourth-order valence-corrected chi connectivity index (χ4v) is 4.29. The second kappa shape index (κ2) is 7.17. The number of fused-ring (bicyclic) bond motifs is 1. The molecule has 0 aliphatic carbocycles. The fourth-order valence-electron chi connectivity index (χ4n) is 3.02. The maximum atomic E-state index is 13.0. The number of alkyl halides is 3. The van der Waals surface area contributed by atoms with Crippen molar-refractivity contribution in [3.05, 3.63) is 53.6 Å². The smallest absolute Gasteiger partial charge is 0.327 e. The molecule has 0 spiro atoms. The molecule has 28 heavy (non-hydrogen) atoms. The first-order valence-corrected chi connectivity index (χ1v) is 10.0. The van der Waals surface area contributed by atoms with E-state index in [2.05, 4.69) is 14.7 Å². The molecule has 0 saturated carbocycles. The summed E-state index contributed by atoms with van der Waals surface area (Å²) in [7, 11) is -3.85. The van der Waals surface area contributed by atoms with Crippen LogP contribution in [0.1, 0.15) is 37.0 Å². The Hall–Kier alpha value is -2.46. The third kappa shape index (κ3) is 3.88. The van der Waals surface area contributed by atoms with Crippen LogP contribution >= 0.6 is 0 Å². The Morgan fingerprint density at radius 1 is 1.21 bits per heavy atom. The maximum Gasteiger partial charge on any atom is 0.416 e. The van der Waals surface area contributed by atoms with Gasteiger partial charge in [-0.05, 0) is 51.1 Å². The number of pyridine rings is 1. The van der Waals surface area contributed by atoms with Gasteiger partial charge >= 0.3 is 6.18 Å². The quantitative estimate of drug-likeness (QED) is 0.691. The van der Waals surface area contributed by atoms with Crippen molar-refractivity contribution in [2.45, 2.75) is 44.4 Å². The average Bonchev–Trinajstić information content (AvgIpc) is 2.98. The minimum atomic E-state index is -4.47. The lowest BCUT2D eigenvalue weighted by Gasteiger charge is -2.16. The van der Waals surface area contributed by atoms with Crippen LogP contribution in [0.15, 0.2) is 41.4 Å². The molecule has 0 bridgehead atoms. The SMILES string of the molecule is CCn1c([C@@H](C)NS(=O)(=O)c2ccnc(C)c2)nc2ccc(C(F)(F)F)cc21. The van der Waals surface area contributed by atoms with Crippen LogP contribution in [0, 0.1) is 6.92 Å². The summed E-state index contributed by atoms with van der Waals surface area (Å²) in [4.78, 5) is 8.39. The van der Waals surface area contributed by atoms with E-state index in [1.165, 1.54) is 24.4 Å². The highest BCUT2D eigenvalue weighted by Crippen LogP contribution is 2.32. The summed E-state index contributed by atoms with van der Waals surface area (Å²) in [6.07, 6.45) is -3.07. The summed E-state index contributed by atoms with van der Waals surface area (Å²) in [6.45, 7) is 5.38. The molecule has 1 atom stereocenters. The van der Waals surface area contributed by atoms with Gasteiger partial charge in [0.25, 0.3) is 0 Å². The van der Waals surface area contributed by atoms with Crippen LogP contribution in [0.2, 0.25) is 0 Å². The first-order chi connectivity index (χ1) is 13.0. The largest absolute Gasteiger partial charge is 0.416 e. The number of sulfonamides is 1. The molecule has 1 aromatic carbocycles. The Labute approximate surface area is 160 Å². The highest BCUT2D eigenvalue weighted by Gasteiger charge is 2.31. The normalized spacial score (nSPS) is 13.8. The van der Waals surface area contributed by atoms with Crippen molar-refractivity contribution >= 4 is 21.1 Å². The Morgan fingerprint density at radius 3 is 2.54 bits per heavy atom. The predicted molar refractivity (Wildman–Crippen MR) is 98.1 cm³/mol. The number of aryl methyl sites for hydroxylation is 2. The van der Waals surface area contributed by atoms with E-state index in [-0.39, 0.29) is 4.90 Å². The van der Waals surface area contributed by atoms with Crippen LogP contribution in [0.5, 0.6) is 0 Å². The minimum Gasteiger partial charge on any atom is -0.327 e. The van der Waals surface area contributed by atoms with Crippen LogP contribution in [-0.4, -0.2) is 23.0 Å². The summed E-state index contributed by atoms with van der Waals surface area (Å²) < 4.78 is 68.5. The molecule has 10 heteroatoms. The van der Waals surface area contributed by atoms with Crippen molar-refractivity contribution in [1.82, 2.24) is 19.3 Å². The summed E-state index contributed by atoms with van der Waals surface area (Å²) in [5.74, 6) is 0.339. The molecule has 0 aliphatic rings. The highest BCUT2D eigenvalue weighted by atomic mass is 32.2. The minimum absolute atomic E-state index is 0.0605. The van der Waals surface area contributed by atoms with Crippen LogP contribution in [-0.2, 0) is 22.7 Å². The predicted octanol–water partition coefficient (Wildman–Crippen LogP) is 3.82. The molecule has 0 amide bonds. The molecule has 0 fully saturated rings. The fraction of sp³-hybridized carbons (Fsp3) is 0.333. The summed E-state index contributed by atoms with van der Waals surface area (Å²) >= 11 is 0. The number of aromatic nitrogens is 3. The van der Waals surface area contributed by atoms with Crippen molar-refractivity contribution < 1.29 is 21.6 Å². The van der Waals surface area contributed by atoms with E-state index in [1.807, 2.05) is 0 Å². The molecule has 6 nitrogen and oxygen atoms in total. The van der Waals surface area contributed by atoms with E-state index < -0.39 is 27.8 Å². The number of nitrogens with zero attached hydrogens (tertiary/aromatic N) is 3. The second-order valence-electron chi connectivity index (χ2n) is 6.39. The summed E-state index contributed by atoms with van der Waals surface area (Å²) in [5.41, 5.74) is 0.450. The monoisotopic (exact) mass is 412 g/mol. The van der Waals surface area contributed by atoms with Crippen molar-refractivity contribution in [2.75, 3.05) is 0 Å². The molecule has 1 N–H and O–H groups in total. The maximum absolute atomic E-state index is 13.0. The Morgan fingerprint density at radius 2 is 1.93 bits per heavy atom. The molecule has 2 aromatic heterocycles. The van der Waals surface area contributed by atoms with Crippen LogP contribution < -0.4 is 4.72 Å². The van der Waals surface area contributed by atoms with Gasteiger partial charge in [-0.3, -0.25) is 4.98 Å². The molecule has 0 radical (unpaired) electrons. The van der Waals surface area contributed by atoms with E-state index in [4.69, 9.17) is 0 Å². The van der Waals surface area contributed by atoms with Crippen LogP contribution in [0.25, 0.3) is 11.0 Å². The van der Waals surface area contributed by atoms with Gasteiger partial charge < -0.3 is 4.57 Å². The zero-order valence-electron chi connectivity index (χ0n) is 15.4. The van der Waals surface area contributed by atoms with E-state index in [1.54, 1.807) is 25.3 Å². The molecular formula is C18H19F3N4O2S. The number of rotatable bonds is 5. The standard InChI is InChI=1S/C18H19F3N4O2S/c1-4-25-16-10-13(18(19,20)21)5-6-15(16)23-17(25)12(3)24-28(26,27)14-7-8-22-11(2)9-14/h5-10,12,24H,4H2,1-3H3/t12-/m1/s1. The van der Waals surface area contributed by atoms with E-state index >= 15 is 0 Å². The molecule has 2 heterocycles. The Bertz CT molecular complexity index is 1120. The van der Waals surface area contributed by atoms with Gasteiger partial charge in [0.15, 0.2) is 0 Å². The zero-order valence-corrected chi connectivity index (χ0v) is 16.3. The van der Waals surface area contributed by atoms with Gasteiger partial charge in [-0.1, -0.05) is 0 Å². The van der Waals surface area contributed by atoms with Crippen molar-refractivity contribution in [3.8, 4) is 0 Å². The highest BCUT2D eigenvalue weighted by molar-refractivity contribution is 7.89. The number of imidazole rings is 1. The second-order valence-corrected chi connectivity index (χ2v) is 8.11. The first-order valence-electron chi connectivity index (χ1n) is 8.55. The molecule has 3 rings (SSSR count). The molecule has 0 saturated heterocycles. The molecule has 150 valence electrons.